The third kappa shape index (κ3) is 5.10. The molecule has 0 radical (unpaired) electrons. The van der Waals surface area contributed by atoms with Gasteiger partial charge in [0.1, 0.15) is 0 Å². The summed E-state index contributed by atoms with van der Waals surface area (Å²) in [5.41, 5.74) is 2.15. The SMILES string of the molecule is CCCCNC(=O)c1cccc(-n2ccnc2SCC(=O)c2ccccc2)c1. The minimum absolute atomic E-state index is 0.0594. The molecule has 2 aromatic carbocycles. The molecule has 0 spiro atoms. The number of ketones is 1. The van der Waals surface area contributed by atoms with E-state index in [0.29, 0.717) is 28.6 Å². The zero-order valence-corrected chi connectivity index (χ0v) is 16.6. The number of nitrogens with one attached hydrogen (secondary N) is 1. The van der Waals surface area contributed by atoms with Crippen LogP contribution in [-0.4, -0.2) is 33.5 Å². The Balaban J connectivity index is 1.70. The molecule has 3 aromatic rings. The van der Waals surface area contributed by atoms with Gasteiger partial charge in [-0.15, -0.1) is 0 Å². The van der Waals surface area contributed by atoms with Gasteiger partial charge >= 0.3 is 0 Å². The zero-order chi connectivity index (χ0) is 19.8. The number of aromatic nitrogens is 2. The standard InChI is InChI=1S/C22H23N3O2S/c1-2-3-12-23-21(27)18-10-7-11-19(15-18)25-14-13-24-22(25)28-16-20(26)17-8-5-4-6-9-17/h4-11,13-15H,2-3,12,16H2,1H3,(H,23,27). The van der Waals surface area contributed by atoms with E-state index in [1.54, 1.807) is 12.3 Å². The van der Waals surface area contributed by atoms with Crippen molar-refractivity contribution in [2.45, 2.75) is 24.9 Å². The summed E-state index contributed by atoms with van der Waals surface area (Å²) in [7, 11) is 0. The van der Waals surface area contributed by atoms with Crippen molar-refractivity contribution < 1.29 is 9.59 Å². The number of amides is 1. The smallest absolute Gasteiger partial charge is 0.251 e. The monoisotopic (exact) mass is 393 g/mol. The van der Waals surface area contributed by atoms with Gasteiger partial charge in [0.25, 0.3) is 5.91 Å². The average molecular weight is 394 g/mol. The molecule has 0 fully saturated rings. The van der Waals surface area contributed by atoms with Crippen molar-refractivity contribution in [2.24, 2.45) is 0 Å². The maximum absolute atomic E-state index is 12.3. The largest absolute Gasteiger partial charge is 0.352 e. The fourth-order valence-corrected chi connectivity index (χ4v) is 3.58. The van der Waals surface area contributed by atoms with Crippen LogP contribution in [0.5, 0.6) is 0 Å². The minimum atomic E-state index is -0.0797. The Morgan fingerprint density at radius 1 is 1.07 bits per heavy atom. The first-order valence-electron chi connectivity index (χ1n) is 9.32. The number of rotatable bonds is 9. The van der Waals surface area contributed by atoms with E-state index in [2.05, 4.69) is 17.2 Å². The summed E-state index contributed by atoms with van der Waals surface area (Å²) in [4.78, 5) is 29.0. The summed E-state index contributed by atoms with van der Waals surface area (Å²) in [6.07, 6.45) is 5.54. The Kier molecular flexibility index (Phi) is 7.03. The first-order chi connectivity index (χ1) is 13.7. The lowest BCUT2D eigenvalue weighted by Gasteiger charge is -2.10. The lowest BCUT2D eigenvalue weighted by atomic mass is 10.2. The molecule has 0 atom stereocenters. The number of Topliss-reactive ketones (excluding diaryl/α,β-unsaturated/α-hetero) is 1. The van der Waals surface area contributed by atoms with Gasteiger partial charge in [-0.1, -0.05) is 61.5 Å². The highest BCUT2D eigenvalue weighted by molar-refractivity contribution is 7.99. The maximum atomic E-state index is 12.3. The molecule has 0 saturated heterocycles. The molecule has 1 amide bonds. The van der Waals surface area contributed by atoms with Crippen molar-refractivity contribution in [3.05, 3.63) is 78.1 Å². The van der Waals surface area contributed by atoms with Crippen molar-refractivity contribution in [2.75, 3.05) is 12.3 Å². The number of carbonyl (C=O) groups is 2. The first kappa shape index (κ1) is 19.9. The van der Waals surface area contributed by atoms with Gasteiger partial charge in [-0.2, -0.15) is 0 Å². The number of imidazole rings is 1. The van der Waals surface area contributed by atoms with E-state index in [9.17, 15) is 9.59 Å². The second-order valence-electron chi connectivity index (χ2n) is 6.32. The van der Waals surface area contributed by atoms with E-state index < -0.39 is 0 Å². The van der Waals surface area contributed by atoms with Gasteiger partial charge in [0.2, 0.25) is 0 Å². The zero-order valence-electron chi connectivity index (χ0n) is 15.8. The molecule has 0 unspecified atom stereocenters. The molecule has 0 bridgehead atoms. The third-order valence-electron chi connectivity index (χ3n) is 4.24. The number of nitrogens with zero attached hydrogens (tertiary/aromatic N) is 2. The van der Waals surface area contributed by atoms with Crippen molar-refractivity contribution in [1.29, 1.82) is 0 Å². The molecule has 28 heavy (non-hydrogen) atoms. The van der Waals surface area contributed by atoms with E-state index in [1.165, 1.54) is 11.8 Å². The minimum Gasteiger partial charge on any atom is -0.352 e. The highest BCUT2D eigenvalue weighted by atomic mass is 32.2. The molecule has 144 valence electrons. The van der Waals surface area contributed by atoms with Crippen LogP contribution in [0.4, 0.5) is 0 Å². The van der Waals surface area contributed by atoms with Crippen LogP contribution in [0, 0.1) is 0 Å². The molecule has 3 rings (SSSR count). The van der Waals surface area contributed by atoms with Crippen LogP contribution in [0.15, 0.2) is 72.1 Å². The third-order valence-corrected chi connectivity index (χ3v) is 5.20. The molecule has 5 nitrogen and oxygen atoms in total. The number of hydrogen-bond acceptors (Lipinski definition) is 4. The number of unbranched alkanes of at least 4 members (excludes halogenated alkanes) is 1. The second kappa shape index (κ2) is 9.90. The first-order valence-corrected chi connectivity index (χ1v) is 10.3. The van der Waals surface area contributed by atoms with Crippen LogP contribution in [-0.2, 0) is 0 Å². The summed E-state index contributed by atoms with van der Waals surface area (Å²) in [6, 6.07) is 16.7. The Hall–Kier alpha value is -2.86. The highest BCUT2D eigenvalue weighted by Crippen LogP contribution is 2.22. The van der Waals surface area contributed by atoms with E-state index in [1.807, 2.05) is 59.3 Å². The normalized spacial score (nSPS) is 10.6. The van der Waals surface area contributed by atoms with Crippen LogP contribution in [0.1, 0.15) is 40.5 Å². The molecular weight excluding hydrogens is 370 g/mol. The summed E-state index contributed by atoms with van der Waals surface area (Å²) in [6.45, 7) is 2.76. The molecule has 0 saturated carbocycles. The summed E-state index contributed by atoms with van der Waals surface area (Å²) < 4.78 is 1.89. The number of hydrogen-bond donors (Lipinski definition) is 1. The predicted octanol–water partition coefficient (Wildman–Crippen LogP) is 4.38. The van der Waals surface area contributed by atoms with E-state index >= 15 is 0 Å². The fraction of sp³-hybridized carbons (Fsp3) is 0.227. The molecule has 6 heteroatoms. The Bertz CT molecular complexity index is 938. The molecular formula is C22H23N3O2S. The lowest BCUT2D eigenvalue weighted by Crippen LogP contribution is -2.24. The number of thioether (sulfide) groups is 1. The van der Waals surface area contributed by atoms with E-state index in [-0.39, 0.29) is 11.7 Å². The summed E-state index contributed by atoms with van der Waals surface area (Å²) in [5.74, 6) is 0.283. The quantitative estimate of drug-likeness (QED) is 0.333. The van der Waals surface area contributed by atoms with Crippen LogP contribution >= 0.6 is 11.8 Å². The van der Waals surface area contributed by atoms with E-state index in [4.69, 9.17) is 0 Å². The van der Waals surface area contributed by atoms with Crippen LogP contribution in [0.2, 0.25) is 0 Å². The predicted molar refractivity (Wildman–Crippen MR) is 112 cm³/mol. The molecule has 1 heterocycles. The van der Waals surface area contributed by atoms with Gasteiger partial charge in [0.05, 0.1) is 5.75 Å². The van der Waals surface area contributed by atoms with Crippen molar-refractivity contribution in [3.63, 3.8) is 0 Å². The van der Waals surface area contributed by atoms with Gasteiger partial charge in [-0.25, -0.2) is 4.98 Å². The lowest BCUT2D eigenvalue weighted by molar-refractivity contribution is 0.0952. The van der Waals surface area contributed by atoms with Gasteiger partial charge in [0.15, 0.2) is 10.9 Å². The second-order valence-corrected chi connectivity index (χ2v) is 7.26. The Morgan fingerprint density at radius 3 is 2.64 bits per heavy atom. The topological polar surface area (TPSA) is 64.0 Å². The van der Waals surface area contributed by atoms with E-state index in [0.717, 1.165) is 18.5 Å². The van der Waals surface area contributed by atoms with Gasteiger partial charge in [0, 0.05) is 35.8 Å². The van der Waals surface area contributed by atoms with Gasteiger partial charge < -0.3 is 5.32 Å². The van der Waals surface area contributed by atoms with Gasteiger partial charge in [-0.05, 0) is 24.6 Å². The maximum Gasteiger partial charge on any atom is 0.251 e. The van der Waals surface area contributed by atoms with Crippen LogP contribution in [0.3, 0.4) is 0 Å². The average Bonchev–Trinajstić information content (AvgIpc) is 3.21. The Morgan fingerprint density at radius 2 is 1.86 bits per heavy atom. The van der Waals surface area contributed by atoms with Crippen molar-refractivity contribution in [1.82, 2.24) is 14.9 Å². The summed E-state index contributed by atoms with van der Waals surface area (Å²) >= 11 is 1.38. The molecule has 0 aliphatic rings. The molecule has 0 aliphatic carbocycles. The highest BCUT2D eigenvalue weighted by Gasteiger charge is 2.12. The van der Waals surface area contributed by atoms with Crippen molar-refractivity contribution >= 4 is 23.5 Å². The molecule has 1 aromatic heterocycles. The van der Waals surface area contributed by atoms with Gasteiger partial charge in [-0.3, -0.25) is 14.2 Å². The Labute approximate surface area is 169 Å². The molecule has 0 aliphatic heterocycles. The summed E-state index contributed by atoms with van der Waals surface area (Å²) in [5, 5.41) is 3.65. The number of carbonyl (C=O) groups excluding carboxylic acids is 2. The fourth-order valence-electron chi connectivity index (χ4n) is 2.71. The van der Waals surface area contributed by atoms with Crippen molar-refractivity contribution in [3.8, 4) is 5.69 Å². The number of benzene rings is 2. The van der Waals surface area contributed by atoms with Crippen LogP contribution in [0.25, 0.3) is 5.69 Å². The van der Waals surface area contributed by atoms with Crippen LogP contribution < -0.4 is 5.32 Å². The molecule has 1 N–H and O–H groups in total.